The summed E-state index contributed by atoms with van der Waals surface area (Å²) in [6, 6.07) is 0. The lowest BCUT2D eigenvalue weighted by Gasteiger charge is -2.02. The Kier molecular flexibility index (Phi) is 5.37. The second kappa shape index (κ2) is 6.81. The van der Waals surface area contributed by atoms with Crippen LogP contribution in [0.1, 0.15) is 9.67 Å². The van der Waals surface area contributed by atoms with Crippen molar-refractivity contribution in [3.63, 3.8) is 0 Å². The molecule has 1 aromatic heterocycles. The highest BCUT2D eigenvalue weighted by Crippen LogP contribution is 2.18. The standard InChI is InChI=1S/C9H13N3O4S/c1-15-8(14)6-4-12-9(17-6)11-2-3-16-5-7(10)13/h4H,2-3,5H2,1H3,(H2,10,13)(H,11,12). The average molecular weight is 259 g/mol. The largest absolute Gasteiger partial charge is 0.465 e. The summed E-state index contributed by atoms with van der Waals surface area (Å²) >= 11 is 1.19. The van der Waals surface area contributed by atoms with Gasteiger partial charge in [0.25, 0.3) is 0 Å². The van der Waals surface area contributed by atoms with E-state index < -0.39 is 11.9 Å². The van der Waals surface area contributed by atoms with Gasteiger partial charge in [-0.3, -0.25) is 4.79 Å². The third-order valence-electron chi connectivity index (χ3n) is 1.66. The zero-order valence-electron chi connectivity index (χ0n) is 9.26. The van der Waals surface area contributed by atoms with Crippen molar-refractivity contribution in [1.29, 1.82) is 0 Å². The van der Waals surface area contributed by atoms with Crippen LogP contribution in [0.15, 0.2) is 6.20 Å². The molecule has 8 heteroatoms. The number of hydrogen-bond donors (Lipinski definition) is 2. The second-order valence-electron chi connectivity index (χ2n) is 2.97. The SMILES string of the molecule is COC(=O)c1cnc(NCCOCC(N)=O)s1. The molecule has 1 rings (SSSR count). The van der Waals surface area contributed by atoms with Crippen molar-refractivity contribution in [1.82, 2.24) is 4.98 Å². The molecule has 1 heterocycles. The number of rotatable bonds is 7. The first-order valence-corrected chi connectivity index (χ1v) is 5.59. The van der Waals surface area contributed by atoms with E-state index in [1.165, 1.54) is 24.6 Å². The van der Waals surface area contributed by atoms with E-state index in [2.05, 4.69) is 15.0 Å². The number of methoxy groups -OCH3 is 1. The fraction of sp³-hybridized carbons (Fsp3) is 0.444. The fourth-order valence-corrected chi connectivity index (χ4v) is 1.71. The summed E-state index contributed by atoms with van der Waals surface area (Å²) in [5, 5.41) is 3.53. The summed E-state index contributed by atoms with van der Waals surface area (Å²) in [4.78, 5) is 25.9. The van der Waals surface area contributed by atoms with Crippen LogP contribution >= 0.6 is 11.3 Å². The Labute approximate surface area is 102 Å². The number of amides is 1. The van der Waals surface area contributed by atoms with Gasteiger partial charge >= 0.3 is 5.97 Å². The van der Waals surface area contributed by atoms with Crippen molar-refractivity contribution in [3.05, 3.63) is 11.1 Å². The van der Waals surface area contributed by atoms with Crippen molar-refractivity contribution in [2.75, 3.05) is 32.2 Å². The number of nitrogens with one attached hydrogen (secondary N) is 1. The van der Waals surface area contributed by atoms with Crippen molar-refractivity contribution < 1.29 is 19.1 Å². The Hall–Kier alpha value is -1.67. The van der Waals surface area contributed by atoms with E-state index in [-0.39, 0.29) is 6.61 Å². The first kappa shape index (κ1) is 13.4. The minimum Gasteiger partial charge on any atom is -0.465 e. The number of aromatic nitrogens is 1. The zero-order chi connectivity index (χ0) is 12.7. The highest BCUT2D eigenvalue weighted by atomic mass is 32.1. The number of nitrogens with zero attached hydrogens (tertiary/aromatic N) is 1. The molecular weight excluding hydrogens is 246 g/mol. The molecule has 1 aromatic rings. The summed E-state index contributed by atoms with van der Waals surface area (Å²) < 4.78 is 9.49. The number of esters is 1. The van der Waals surface area contributed by atoms with E-state index in [0.717, 1.165) is 0 Å². The topological polar surface area (TPSA) is 104 Å². The highest BCUT2D eigenvalue weighted by molar-refractivity contribution is 7.17. The molecule has 17 heavy (non-hydrogen) atoms. The number of primary amides is 1. The predicted octanol–water partition coefficient (Wildman–Crippen LogP) is -0.157. The Morgan fingerprint density at radius 3 is 3.00 bits per heavy atom. The maximum absolute atomic E-state index is 11.1. The van der Waals surface area contributed by atoms with Crippen LogP contribution in [0.4, 0.5) is 5.13 Å². The van der Waals surface area contributed by atoms with Crippen LogP contribution in [0.25, 0.3) is 0 Å². The van der Waals surface area contributed by atoms with Crippen LogP contribution in [-0.4, -0.2) is 43.7 Å². The molecule has 0 aromatic carbocycles. The molecule has 0 unspecified atom stereocenters. The molecule has 0 atom stereocenters. The van der Waals surface area contributed by atoms with Crippen molar-refractivity contribution in [3.8, 4) is 0 Å². The summed E-state index contributed by atoms with van der Waals surface area (Å²) in [6.07, 6.45) is 1.43. The normalized spacial score (nSPS) is 9.94. The molecule has 0 radical (unpaired) electrons. The Balaban J connectivity index is 2.25. The third-order valence-corrected chi connectivity index (χ3v) is 2.59. The zero-order valence-corrected chi connectivity index (χ0v) is 10.1. The Morgan fingerprint density at radius 1 is 1.59 bits per heavy atom. The van der Waals surface area contributed by atoms with Gasteiger partial charge in [-0.25, -0.2) is 9.78 Å². The quantitative estimate of drug-likeness (QED) is 0.521. The first-order chi connectivity index (χ1) is 8.13. The van der Waals surface area contributed by atoms with E-state index in [9.17, 15) is 9.59 Å². The van der Waals surface area contributed by atoms with Crippen LogP contribution in [-0.2, 0) is 14.3 Å². The molecule has 3 N–H and O–H groups in total. The third kappa shape index (κ3) is 4.79. The molecule has 0 fully saturated rings. The lowest BCUT2D eigenvalue weighted by molar-refractivity contribution is -0.122. The van der Waals surface area contributed by atoms with Crippen molar-refractivity contribution >= 4 is 28.3 Å². The van der Waals surface area contributed by atoms with E-state index in [4.69, 9.17) is 10.5 Å². The van der Waals surface area contributed by atoms with E-state index in [1.807, 2.05) is 0 Å². The lowest BCUT2D eigenvalue weighted by Crippen LogP contribution is -2.20. The minimum absolute atomic E-state index is 0.104. The Bertz CT molecular complexity index is 393. The summed E-state index contributed by atoms with van der Waals surface area (Å²) in [7, 11) is 1.31. The van der Waals surface area contributed by atoms with Crippen LogP contribution in [0.2, 0.25) is 0 Å². The number of carbonyl (C=O) groups is 2. The van der Waals surface area contributed by atoms with Gasteiger partial charge in [-0.05, 0) is 0 Å². The van der Waals surface area contributed by atoms with E-state index in [1.54, 1.807) is 0 Å². The molecule has 0 bridgehead atoms. The maximum Gasteiger partial charge on any atom is 0.349 e. The molecule has 1 amide bonds. The van der Waals surface area contributed by atoms with Gasteiger partial charge in [-0.2, -0.15) is 0 Å². The van der Waals surface area contributed by atoms with Crippen LogP contribution in [0.3, 0.4) is 0 Å². The number of ether oxygens (including phenoxy) is 2. The summed E-state index contributed by atoms with van der Waals surface area (Å²) in [5.41, 5.74) is 4.89. The van der Waals surface area contributed by atoms with E-state index >= 15 is 0 Å². The van der Waals surface area contributed by atoms with Gasteiger partial charge in [-0.15, -0.1) is 0 Å². The van der Waals surface area contributed by atoms with Crippen molar-refractivity contribution in [2.24, 2.45) is 5.73 Å². The molecule has 0 aliphatic heterocycles. The fourth-order valence-electron chi connectivity index (χ4n) is 0.954. The highest BCUT2D eigenvalue weighted by Gasteiger charge is 2.09. The number of carbonyl (C=O) groups excluding carboxylic acids is 2. The summed E-state index contributed by atoms with van der Waals surface area (Å²) in [5.74, 6) is -0.923. The van der Waals surface area contributed by atoms with Crippen LogP contribution in [0, 0.1) is 0 Å². The van der Waals surface area contributed by atoms with Gasteiger partial charge in [0.15, 0.2) is 5.13 Å². The van der Waals surface area contributed by atoms with Gasteiger partial charge in [0.2, 0.25) is 5.91 Å². The molecule has 7 nitrogen and oxygen atoms in total. The average Bonchev–Trinajstić information content (AvgIpc) is 2.76. The van der Waals surface area contributed by atoms with Crippen molar-refractivity contribution in [2.45, 2.75) is 0 Å². The number of hydrogen-bond acceptors (Lipinski definition) is 7. The maximum atomic E-state index is 11.1. The van der Waals surface area contributed by atoms with Gasteiger partial charge in [-0.1, -0.05) is 11.3 Å². The number of nitrogens with two attached hydrogens (primary N) is 1. The Morgan fingerprint density at radius 2 is 2.35 bits per heavy atom. The smallest absolute Gasteiger partial charge is 0.349 e. The monoisotopic (exact) mass is 259 g/mol. The van der Waals surface area contributed by atoms with Gasteiger partial charge < -0.3 is 20.5 Å². The van der Waals surface area contributed by atoms with Crippen LogP contribution < -0.4 is 11.1 Å². The first-order valence-electron chi connectivity index (χ1n) is 4.77. The molecule has 94 valence electrons. The van der Waals surface area contributed by atoms with Crippen LogP contribution in [0.5, 0.6) is 0 Å². The van der Waals surface area contributed by atoms with Gasteiger partial charge in [0.05, 0.1) is 19.9 Å². The second-order valence-corrected chi connectivity index (χ2v) is 4.00. The number of anilines is 1. The predicted molar refractivity (Wildman–Crippen MR) is 62.0 cm³/mol. The molecule has 0 aliphatic carbocycles. The lowest BCUT2D eigenvalue weighted by atomic mass is 10.6. The molecule has 0 saturated heterocycles. The molecule has 0 aliphatic rings. The minimum atomic E-state index is -0.507. The van der Waals surface area contributed by atoms with Gasteiger partial charge in [0.1, 0.15) is 11.5 Å². The van der Waals surface area contributed by atoms with Gasteiger partial charge in [0, 0.05) is 6.54 Å². The number of thiazole rings is 1. The summed E-state index contributed by atoms with van der Waals surface area (Å²) in [6.45, 7) is 0.699. The molecule has 0 spiro atoms. The van der Waals surface area contributed by atoms with E-state index in [0.29, 0.717) is 23.2 Å². The molecular formula is C9H13N3O4S. The molecule has 0 saturated carbocycles.